The molecule has 1 fully saturated rings. The quantitative estimate of drug-likeness (QED) is 0.109. The van der Waals surface area contributed by atoms with Gasteiger partial charge in [-0.3, -0.25) is 14.5 Å². The molecule has 204 valence electrons. The SMILES string of the molecule is CCCCOc1cccc(/C(O)=C2\C(=O)C(=O)N(c3nc(C)c(C(=O)OCC)s3)C2c2ccc(CC)cc2)c1. The zero-order chi connectivity index (χ0) is 28.1. The maximum absolute atomic E-state index is 13.5. The van der Waals surface area contributed by atoms with Crippen molar-refractivity contribution < 1.29 is 29.0 Å². The highest BCUT2D eigenvalue weighted by molar-refractivity contribution is 7.17. The summed E-state index contributed by atoms with van der Waals surface area (Å²) in [5, 5.41) is 11.6. The highest BCUT2D eigenvalue weighted by Crippen LogP contribution is 2.44. The number of aliphatic hydroxyl groups is 1. The number of ketones is 1. The number of hydrogen-bond donors (Lipinski definition) is 1. The number of amides is 1. The first-order valence-corrected chi connectivity index (χ1v) is 13.9. The summed E-state index contributed by atoms with van der Waals surface area (Å²) in [4.78, 5) is 45.4. The smallest absolute Gasteiger partial charge is 0.350 e. The molecule has 1 amide bonds. The standard InChI is InChI=1S/C30H32N2O6S/c1-5-8-16-38-22-11-9-10-21(17-22)25(33)23-24(20-14-12-19(6-2)13-15-20)32(28(35)26(23)34)30-31-18(4)27(39-30)29(36)37-7-3/h9-15,17,24,33H,5-8,16H2,1-4H3/b25-23+. The van der Waals surface area contributed by atoms with Crippen molar-refractivity contribution >= 4 is 39.9 Å². The third-order valence-electron chi connectivity index (χ3n) is 6.47. The first-order chi connectivity index (χ1) is 18.8. The second-order valence-electron chi connectivity index (χ2n) is 9.13. The molecular weight excluding hydrogens is 516 g/mol. The van der Waals surface area contributed by atoms with Gasteiger partial charge in [0.1, 0.15) is 16.4 Å². The maximum Gasteiger partial charge on any atom is 0.350 e. The van der Waals surface area contributed by atoms with Crippen molar-refractivity contribution in [3.8, 4) is 5.75 Å². The lowest BCUT2D eigenvalue weighted by molar-refractivity contribution is -0.132. The normalized spacial score (nSPS) is 16.5. The van der Waals surface area contributed by atoms with Crippen LogP contribution < -0.4 is 9.64 Å². The summed E-state index contributed by atoms with van der Waals surface area (Å²) in [6.45, 7) is 8.18. The van der Waals surface area contributed by atoms with Gasteiger partial charge in [-0.2, -0.15) is 0 Å². The van der Waals surface area contributed by atoms with Crippen LogP contribution in [0.25, 0.3) is 5.76 Å². The molecule has 0 spiro atoms. The number of thiazole rings is 1. The molecule has 9 heteroatoms. The van der Waals surface area contributed by atoms with Crippen LogP contribution in [-0.4, -0.2) is 41.0 Å². The summed E-state index contributed by atoms with van der Waals surface area (Å²) in [7, 11) is 0. The van der Waals surface area contributed by atoms with Crippen LogP contribution in [0.2, 0.25) is 0 Å². The number of hydrogen-bond acceptors (Lipinski definition) is 8. The van der Waals surface area contributed by atoms with Crippen molar-refractivity contribution in [2.75, 3.05) is 18.1 Å². The second kappa shape index (κ2) is 12.3. The van der Waals surface area contributed by atoms with Crippen LogP contribution in [0.15, 0.2) is 54.1 Å². The van der Waals surface area contributed by atoms with Crippen LogP contribution in [0.3, 0.4) is 0 Å². The molecule has 39 heavy (non-hydrogen) atoms. The largest absolute Gasteiger partial charge is 0.507 e. The number of ether oxygens (including phenoxy) is 2. The van der Waals surface area contributed by atoms with Crippen LogP contribution in [0.4, 0.5) is 5.13 Å². The molecule has 1 aliphatic heterocycles. The van der Waals surface area contributed by atoms with E-state index in [2.05, 4.69) is 11.9 Å². The monoisotopic (exact) mass is 548 g/mol. The molecule has 1 unspecified atom stereocenters. The van der Waals surface area contributed by atoms with Crippen molar-refractivity contribution in [3.63, 3.8) is 0 Å². The van der Waals surface area contributed by atoms with E-state index in [0.29, 0.717) is 29.2 Å². The summed E-state index contributed by atoms with van der Waals surface area (Å²) in [6, 6.07) is 13.4. The number of esters is 1. The van der Waals surface area contributed by atoms with Crippen molar-refractivity contribution in [1.29, 1.82) is 0 Å². The van der Waals surface area contributed by atoms with Crippen molar-refractivity contribution in [2.45, 2.75) is 53.0 Å². The molecule has 1 N–H and O–H groups in total. The van der Waals surface area contributed by atoms with Gasteiger partial charge in [0.25, 0.3) is 5.78 Å². The van der Waals surface area contributed by atoms with Gasteiger partial charge < -0.3 is 14.6 Å². The number of aryl methyl sites for hydroxylation is 2. The van der Waals surface area contributed by atoms with Gasteiger partial charge in [0.15, 0.2) is 5.13 Å². The highest BCUT2D eigenvalue weighted by atomic mass is 32.1. The van der Waals surface area contributed by atoms with E-state index in [9.17, 15) is 19.5 Å². The summed E-state index contributed by atoms with van der Waals surface area (Å²) >= 11 is 0.983. The van der Waals surface area contributed by atoms with Gasteiger partial charge in [-0.1, -0.05) is 68.0 Å². The third kappa shape index (κ3) is 5.73. The summed E-state index contributed by atoms with van der Waals surface area (Å²) in [5.41, 5.74) is 2.42. The number of carbonyl (C=O) groups is 3. The molecule has 1 saturated heterocycles. The zero-order valence-corrected chi connectivity index (χ0v) is 23.3. The van der Waals surface area contributed by atoms with Gasteiger partial charge in [0, 0.05) is 5.56 Å². The Kier molecular flexibility index (Phi) is 8.81. The lowest BCUT2D eigenvalue weighted by Crippen LogP contribution is -2.29. The molecule has 0 aliphatic carbocycles. The van der Waals surface area contributed by atoms with Crippen molar-refractivity contribution in [1.82, 2.24) is 4.98 Å². The fourth-order valence-electron chi connectivity index (χ4n) is 4.38. The molecule has 3 aromatic rings. The van der Waals surface area contributed by atoms with Crippen molar-refractivity contribution in [2.24, 2.45) is 0 Å². The summed E-state index contributed by atoms with van der Waals surface area (Å²) in [5.74, 6) is -1.96. The predicted octanol–water partition coefficient (Wildman–Crippen LogP) is 6.00. The average Bonchev–Trinajstić information content (AvgIpc) is 3.45. The molecule has 0 saturated carbocycles. The lowest BCUT2D eigenvalue weighted by Gasteiger charge is -2.23. The Morgan fingerprint density at radius 2 is 1.85 bits per heavy atom. The Morgan fingerprint density at radius 3 is 2.51 bits per heavy atom. The average molecular weight is 549 g/mol. The second-order valence-corrected chi connectivity index (χ2v) is 10.1. The van der Waals surface area contributed by atoms with Gasteiger partial charge in [-0.25, -0.2) is 9.78 Å². The number of carbonyl (C=O) groups excluding carboxylic acids is 3. The van der Waals surface area contributed by atoms with Gasteiger partial charge in [0.05, 0.1) is 30.5 Å². The fraction of sp³-hybridized carbons (Fsp3) is 0.333. The minimum Gasteiger partial charge on any atom is -0.507 e. The Hall–Kier alpha value is -3.98. The van der Waals surface area contributed by atoms with Crippen LogP contribution in [0.1, 0.15) is 71.7 Å². The van der Waals surface area contributed by atoms with Gasteiger partial charge in [0.2, 0.25) is 0 Å². The number of benzene rings is 2. The number of Topliss-reactive ketones (excluding diaryl/α,β-unsaturated/α-hetero) is 1. The number of aromatic nitrogens is 1. The van der Waals surface area contributed by atoms with Crippen LogP contribution in [-0.2, 0) is 20.7 Å². The zero-order valence-electron chi connectivity index (χ0n) is 22.5. The Balaban J connectivity index is 1.85. The van der Waals surface area contributed by atoms with E-state index in [1.165, 1.54) is 4.90 Å². The van der Waals surface area contributed by atoms with E-state index in [0.717, 1.165) is 36.2 Å². The van der Waals surface area contributed by atoms with Gasteiger partial charge >= 0.3 is 11.9 Å². The topological polar surface area (TPSA) is 106 Å². The maximum atomic E-state index is 13.5. The van der Waals surface area contributed by atoms with E-state index in [-0.39, 0.29) is 27.9 Å². The number of anilines is 1. The molecule has 4 rings (SSSR count). The fourth-order valence-corrected chi connectivity index (χ4v) is 5.36. The molecule has 1 atom stereocenters. The number of nitrogens with zero attached hydrogens (tertiary/aromatic N) is 2. The van der Waals surface area contributed by atoms with Gasteiger partial charge in [-0.15, -0.1) is 0 Å². The Labute approximate surface area is 231 Å². The molecule has 0 radical (unpaired) electrons. The van der Waals surface area contributed by atoms with Crippen LogP contribution in [0, 0.1) is 6.92 Å². The first kappa shape index (κ1) is 28.0. The van der Waals surface area contributed by atoms with Crippen LogP contribution >= 0.6 is 11.3 Å². The number of rotatable bonds is 10. The summed E-state index contributed by atoms with van der Waals surface area (Å²) in [6.07, 6.45) is 2.68. The summed E-state index contributed by atoms with van der Waals surface area (Å²) < 4.78 is 10.9. The highest BCUT2D eigenvalue weighted by Gasteiger charge is 2.48. The van der Waals surface area contributed by atoms with E-state index in [1.807, 2.05) is 31.2 Å². The molecule has 2 heterocycles. The van der Waals surface area contributed by atoms with E-state index in [1.54, 1.807) is 38.1 Å². The van der Waals surface area contributed by atoms with E-state index >= 15 is 0 Å². The minimum atomic E-state index is -0.943. The molecule has 1 aliphatic rings. The predicted molar refractivity (Wildman–Crippen MR) is 150 cm³/mol. The lowest BCUT2D eigenvalue weighted by atomic mass is 9.94. The molecule has 2 aromatic carbocycles. The Bertz CT molecular complexity index is 1410. The first-order valence-electron chi connectivity index (χ1n) is 13.1. The Morgan fingerprint density at radius 1 is 1.10 bits per heavy atom. The van der Waals surface area contributed by atoms with E-state index in [4.69, 9.17) is 9.47 Å². The molecular formula is C30H32N2O6S. The minimum absolute atomic E-state index is 0.0551. The molecule has 8 nitrogen and oxygen atoms in total. The van der Waals surface area contributed by atoms with Gasteiger partial charge in [-0.05, 0) is 49.9 Å². The third-order valence-corrected chi connectivity index (χ3v) is 7.61. The molecule has 0 bridgehead atoms. The van der Waals surface area contributed by atoms with E-state index < -0.39 is 23.7 Å². The molecule has 1 aromatic heterocycles. The van der Waals surface area contributed by atoms with Crippen molar-refractivity contribution in [3.05, 3.63) is 81.4 Å². The number of unbranched alkanes of at least 4 members (excludes halogenated alkanes) is 1. The number of aliphatic hydroxyl groups excluding tert-OH is 1. The van der Waals surface area contributed by atoms with Crippen LogP contribution in [0.5, 0.6) is 5.75 Å².